The van der Waals surface area contributed by atoms with Gasteiger partial charge in [0.1, 0.15) is 0 Å². The largest absolute Gasteiger partial charge is 0.347 e. The maximum absolute atomic E-state index is 11.5. The molecule has 0 aliphatic carbocycles. The monoisotopic (exact) mass is 757 g/mol. The minimum absolute atomic E-state index is 0.107. The third-order valence-corrected chi connectivity index (χ3v) is 12.8. The summed E-state index contributed by atoms with van der Waals surface area (Å²) in [5.41, 5.74) is 0. The molecule has 5 nitrogen and oxygen atoms in total. The van der Waals surface area contributed by atoms with Gasteiger partial charge in [0.25, 0.3) is 10.1 Å². The Balaban J connectivity index is 2.46. The lowest BCUT2D eigenvalue weighted by Crippen LogP contribution is -2.32. The van der Waals surface area contributed by atoms with Crippen molar-refractivity contribution >= 4 is 10.1 Å². The summed E-state index contributed by atoms with van der Waals surface area (Å²) in [4.78, 5) is 0. The third kappa shape index (κ3) is 27.4. The fourth-order valence-electron chi connectivity index (χ4n) is 8.28. The molecule has 1 heterocycles. The van der Waals surface area contributed by atoms with Gasteiger partial charge >= 0.3 is 0 Å². The van der Waals surface area contributed by atoms with E-state index >= 15 is 0 Å². The van der Waals surface area contributed by atoms with E-state index < -0.39 is 15.9 Å². The smallest absolute Gasteiger partial charge is 0.264 e. The number of hydrogen-bond donors (Lipinski definition) is 0. The van der Waals surface area contributed by atoms with E-state index in [1.54, 1.807) is 0 Å². The van der Waals surface area contributed by atoms with Crippen LogP contribution in [0.1, 0.15) is 217 Å². The summed E-state index contributed by atoms with van der Waals surface area (Å²) in [6.45, 7) is 24.6. The first-order chi connectivity index (χ1) is 24.5. The van der Waals surface area contributed by atoms with E-state index in [1.165, 1.54) is 116 Å². The second-order valence-corrected chi connectivity index (χ2v) is 21.0. The van der Waals surface area contributed by atoms with Gasteiger partial charge < -0.3 is 9.47 Å². The maximum atomic E-state index is 11.5. The molecule has 52 heavy (non-hydrogen) atoms. The van der Waals surface area contributed by atoms with Gasteiger partial charge in [-0.15, -0.1) is 0 Å². The molecule has 7 unspecified atom stereocenters. The topological polar surface area (TPSA) is 61.8 Å². The quantitative estimate of drug-likeness (QED) is 0.0612. The lowest BCUT2D eigenvalue weighted by Gasteiger charge is -2.31. The zero-order valence-corrected chi connectivity index (χ0v) is 37.6. The molecule has 1 fully saturated rings. The van der Waals surface area contributed by atoms with Crippen molar-refractivity contribution in [3.8, 4) is 0 Å². The summed E-state index contributed by atoms with van der Waals surface area (Å²) in [7, 11) is -3.45. The molecule has 1 rings (SSSR count). The molecule has 1 aliphatic rings. The van der Waals surface area contributed by atoms with Crippen LogP contribution in [0.3, 0.4) is 0 Å². The third-order valence-electron chi connectivity index (χ3n) is 12.2. The molecule has 1 saturated heterocycles. The molecular formula is C46H92O5S. The van der Waals surface area contributed by atoms with Crippen molar-refractivity contribution < 1.29 is 22.1 Å². The second-order valence-electron chi connectivity index (χ2n) is 19.4. The Kier molecular flexibility index (Phi) is 27.1. The minimum atomic E-state index is -3.45. The maximum Gasteiger partial charge on any atom is 0.264 e. The molecule has 312 valence electrons. The van der Waals surface area contributed by atoms with E-state index in [1.807, 2.05) is 0 Å². The first kappa shape index (κ1) is 49.8. The van der Waals surface area contributed by atoms with E-state index in [9.17, 15) is 8.42 Å². The molecule has 0 aromatic rings. The van der Waals surface area contributed by atoms with Gasteiger partial charge in [0, 0.05) is 19.3 Å². The molecule has 7 atom stereocenters. The molecule has 0 aromatic heterocycles. The highest BCUT2D eigenvalue weighted by Crippen LogP contribution is 2.38. The summed E-state index contributed by atoms with van der Waals surface area (Å²) in [5, 5.41) is 0. The van der Waals surface area contributed by atoms with Gasteiger partial charge in [-0.3, -0.25) is 4.18 Å². The van der Waals surface area contributed by atoms with Gasteiger partial charge in [-0.2, -0.15) is 8.42 Å². The minimum Gasteiger partial charge on any atom is -0.347 e. The molecule has 0 saturated carbocycles. The Morgan fingerprint density at radius 3 is 1.13 bits per heavy atom. The lowest BCUT2D eigenvalue weighted by molar-refractivity contribution is -0.182. The second kappa shape index (κ2) is 28.3. The Bertz CT molecular complexity index is 900. The van der Waals surface area contributed by atoms with Gasteiger partial charge in [-0.25, -0.2) is 0 Å². The van der Waals surface area contributed by atoms with Crippen LogP contribution in [0, 0.1) is 47.3 Å². The van der Waals surface area contributed by atoms with Crippen LogP contribution in [0.25, 0.3) is 0 Å². The van der Waals surface area contributed by atoms with Crippen LogP contribution in [0.4, 0.5) is 0 Å². The summed E-state index contributed by atoms with van der Waals surface area (Å²) in [6, 6.07) is 0. The Hall–Kier alpha value is -0.170. The Morgan fingerprint density at radius 1 is 0.519 bits per heavy atom. The highest BCUT2D eigenvalue weighted by atomic mass is 32.2. The number of ether oxygens (including phenoxy) is 2. The van der Waals surface area contributed by atoms with Gasteiger partial charge in [0.2, 0.25) is 0 Å². The first-order valence-corrected chi connectivity index (χ1v) is 24.5. The van der Waals surface area contributed by atoms with Crippen molar-refractivity contribution in [1.29, 1.82) is 0 Å². The summed E-state index contributed by atoms with van der Waals surface area (Å²) in [5.74, 6) is 5.78. The molecule has 0 bridgehead atoms. The first-order valence-electron chi connectivity index (χ1n) is 22.6. The van der Waals surface area contributed by atoms with Crippen molar-refractivity contribution in [2.75, 3.05) is 19.5 Å². The van der Waals surface area contributed by atoms with Crippen LogP contribution in [-0.4, -0.2) is 39.8 Å². The van der Waals surface area contributed by atoms with Gasteiger partial charge in [0.15, 0.2) is 5.79 Å². The molecule has 0 spiro atoms. The highest BCUT2D eigenvalue weighted by molar-refractivity contribution is 7.85. The van der Waals surface area contributed by atoms with Gasteiger partial charge in [0.05, 0.1) is 25.6 Å². The molecule has 0 aromatic carbocycles. The zero-order chi connectivity index (χ0) is 39.0. The Labute approximate surface area is 326 Å². The van der Waals surface area contributed by atoms with Crippen LogP contribution in [0.15, 0.2) is 0 Å². The van der Waals surface area contributed by atoms with Crippen molar-refractivity contribution in [1.82, 2.24) is 0 Å². The van der Waals surface area contributed by atoms with Gasteiger partial charge in [-0.1, -0.05) is 185 Å². The summed E-state index contributed by atoms with van der Waals surface area (Å²) < 4.78 is 41.2. The van der Waals surface area contributed by atoms with Crippen molar-refractivity contribution in [3.05, 3.63) is 0 Å². The van der Waals surface area contributed by atoms with E-state index in [2.05, 4.69) is 69.2 Å². The molecular weight excluding hydrogens is 665 g/mol. The predicted molar refractivity (Wildman–Crippen MR) is 225 cm³/mol. The Morgan fingerprint density at radius 2 is 0.827 bits per heavy atom. The van der Waals surface area contributed by atoms with Crippen LogP contribution >= 0.6 is 0 Å². The van der Waals surface area contributed by atoms with Gasteiger partial charge in [-0.05, 0) is 60.2 Å². The molecule has 6 heteroatoms. The normalized spacial score (nSPS) is 21.8. The molecule has 0 N–H and O–H groups in total. The van der Waals surface area contributed by atoms with E-state index in [0.717, 1.165) is 67.4 Å². The van der Waals surface area contributed by atoms with Crippen molar-refractivity contribution in [2.24, 2.45) is 47.3 Å². The zero-order valence-electron chi connectivity index (χ0n) is 36.8. The average molecular weight is 757 g/mol. The summed E-state index contributed by atoms with van der Waals surface area (Å²) in [6.07, 6.45) is 30.0. The number of hydrogen-bond acceptors (Lipinski definition) is 5. The van der Waals surface area contributed by atoms with Crippen molar-refractivity contribution in [2.45, 2.75) is 229 Å². The summed E-state index contributed by atoms with van der Waals surface area (Å²) >= 11 is 0. The fraction of sp³-hybridized carbons (Fsp3) is 1.00. The molecule has 0 amide bonds. The lowest BCUT2D eigenvalue weighted by atomic mass is 9.88. The highest BCUT2D eigenvalue weighted by Gasteiger charge is 2.41. The van der Waals surface area contributed by atoms with Crippen LogP contribution < -0.4 is 0 Å². The average Bonchev–Trinajstić information content (AvgIpc) is 3.45. The van der Waals surface area contributed by atoms with Crippen molar-refractivity contribution in [3.63, 3.8) is 0 Å². The van der Waals surface area contributed by atoms with E-state index in [0.29, 0.717) is 24.9 Å². The SMILES string of the molecule is CC(C)CCCC(C)CCCC(C)CCCC(C)CCC1(CCC(C)CCCC(C)CCCC(C)CCCC(C)C)OCC(CCOS(C)(=O)=O)O1. The van der Waals surface area contributed by atoms with E-state index in [-0.39, 0.29) is 12.7 Å². The van der Waals surface area contributed by atoms with Crippen LogP contribution in [-0.2, 0) is 23.8 Å². The predicted octanol–water partition coefficient (Wildman–Crippen LogP) is 14.2. The molecule has 0 radical (unpaired) electrons. The number of rotatable bonds is 34. The fourth-order valence-corrected chi connectivity index (χ4v) is 8.68. The standard InChI is InChI=1S/C46H92O5S/c1-37(2)18-12-20-39(5)22-14-24-41(7)26-16-28-43(9)30-33-46(49-36-45(51-46)32-35-50-52(11,47)48)34-31-44(10)29-17-27-42(8)25-15-23-40(6)21-13-19-38(3)4/h37-45H,12-36H2,1-11H3. The van der Waals surface area contributed by atoms with Crippen LogP contribution in [0.5, 0.6) is 0 Å². The van der Waals surface area contributed by atoms with Crippen LogP contribution in [0.2, 0.25) is 0 Å². The van der Waals surface area contributed by atoms with E-state index in [4.69, 9.17) is 13.7 Å². The molecule has 1 aliphatic heterocycles.